The number of pyridine rings is 1. The molecule has 0 aliphatic heterocycles. The first-order valence-corrected chi connectivity index (χ1v) is 10.3. The quantitative estimate of drug-likeness (QED) is 0.559. The van der Waals surface area contributed by atoms with Gasteiger partial charge >= 0.3 is 0 Å². The number of rotatable bonds is 8. The van der Waals surface area contributed by atoms with Gasteiger partial charge in [-0.2, -0.15) is 5.26 Å². The van der Waals surface area contributed by atoms with Gasteiger partial charge in [-0.15, -0.1) is 0 Å². The number of nitrogens with zero attached hydrogens (tertiary/aromatic N) is 2. The number of nitriles is 1. The average molecular weight is 405 g/mol. The molecule has 4 rings (SSSR count). The molecule has 30 heavy (non-hydrogen) atoms. The topological polar surface area (TPSA) is 81.0 Å². The third-order valence-corrected chi connectivity index (χ3v) is 5.44. The lowest BCUT2D eigenvalue weighted by Crippen LogP contribution is -2.23. The Labute approximate surface area is 174 Å². The van der Waals surface area contributed by atoms with Gasteiger partial charge in [0.2, 0.25) is 0 Å². The highest BCUT2D eigenvalue weighted by atomic mass is 19.1. The maximum atomic E-state index is 14.0. The fourth-order valence-corrected chi connectivity index (χ4v) is 3.83. The van der Waals surface area contributed by atoms with E-state index in [2.05, 4.69) is 6.07 Å². The number of hydrogen-bond donors (Lipinski definition) is 1. The molecule has 0 saturated heterocycles. The zero-order valence-corrected chi connectivity index (χ0v) is 16.7. The predicted molar refractivity (Wildman–Crippen MR) is 115 cm³/mol. The fraction of sp³-hybridized carbons (Fsp3) is 0.333. The summed E-state index contributed by atoms with van der Waals surface area (Å²) < 4.78 is 21.5. The van der Waals surface area contributed by atoms with Crippen molar-refractivity contribution in [2.24, 2.45) is 5.73 Å². The summed E-state index contributed by atoms with van der Waals surface area (Å²) in [6.07, 6.45) is 4.57. The van der Waals surface area contributed by atoms with Crippen LogP contribution in [0.15, 0.2) is 47.3 Å². The number of nitrogens with two attached hydrogens (primary N) is 1. The van der Waals surface area contributed by atoms with E-state index in [9.17, 15) is 14.4 Å². The molecular formula is C24H24FN3O2. The third-order valence-electron chi connectivity index (χ3n) is 5.44. The molecule has 0 radical (unpaired) electrons. The molecule has 1 heterocycles. The van der Waals surface area contributed by atoms with Crippen LogP contribution in [0.4, 0.5) is 4.39 Å². The van der Waals surface area contributed by atoms with Gasteiger partial charge in [0.25, 0.3) is 5.56 Å². The zero-order chi connectivity index (χ0) is 21.1. The Morgan fingerprint density at radius 1 is 1.13 bits per heavy atom. The van der Waals surface area contributed by atoms with Gasteiger partial charge in [-0.1, -0.05) is 12.1 Å². The minimum absolute atomic E-state index is 0.0299. The summed E-state index contributed by atoms with van der Waals surface area (Å²) in [5.74, 6) is 0.237. The Morgan fingerprint density at radius 2 is 1.97 bits per heavy atom. The van der Waals surface area contributed by atoms with Crippen molar-refractivity contribution in [3.05, 3.63) is 64.3 Å². The number of aromatic nitrogens is 1. The zero-order valence-electron chi connectivity index (χ0n) is 16.7. The van der Waals surface area contributed by atoms with Crippen LogP contribution in [0.5, 0.6) is 5.75 Å². The Hall–Kier alpha value is -3.17. The summed E-state index contributed by atoms with van der Waals surface area (Å²) >= 11 is 0. The van der Waals surface area contributed by atoms with Crippen LogP contribution in [0.3, 0.4) is 0 Å². The van der Waals surface area contributed by atoms with Crippen molar-refractivity contribution in [1.82, 2.24) is 4.57 Å². The molecule has 1 aliphatic carbocycles. The van der Waals surface area contributed by atoms with Crippen molar-refractivity contribution in [2.75, 3.05) is 13.2 Å². The van der Waals surface area contributed by atoms with E-state index in [0.717, 1.165) is 32.1 Å². The summed E-state index contributed by atoms with van der Waals surface area (Å²) in [7, 11) is 0. The van der Waals surface area contributed by atoms with E-state index in [1.54, 1.807) is 34.9 Å². The van der Waals surface area contributed by atoms with Crippen molar-refractivity contribution < 1.29 is 9.13 Å². The molecule has 0 unspecified atom stereocenters. The van der Waals surface area contributed by atoms with Gasteiger partial charge in [0, 0.05) is 22.4 Å². The summed E-state index contributed by atoms with van der Waals surface area (Å²) in [4.78, 5) is 13.2. The molecule has 154 valence electrons. The number of hydrogen-bond acceptors (Lipinski definition) is 4. The van der Waals surface area contributed by atoms with E-state index in [4.69, 9.17) is 10.5 Å². The highest BCUT2D eigenvalue weighted by Gasteiger charge is 2.30. The van der Waals surface area contributed by atoms with Gasteiger partial charge in [0.1, 0.15) is 23.3 Å². The second-order valence-corrected chi connectivity index (χ2v) is 7.66. The number of unbranched alkanes of at least 4 members (excludes halogenated alkanes) is 2. The largest absolute Gasteiger partial charge is 0.494 e. The van der Waals surface area contributed by atoms with Crippen LogP contribution in [0.2, 0.25) is 0 Å². The summed E-state index contributed by atoms with van der Waals surface area (Å²) in [5, 5.41) is 11.1. The molecule has 2 aromatic carbocycles. The molecule has 0 amide bonds. The summed E-state index contributed by atoms with van der Waals surface area (Å²) in [6, 6.07) is 13.7. The number of ether oxygens (including phenoxy) is 1. The normalized spacial score (nSPS) is 13.4. The van der Waals surface area contributed by atoms with E-state index in [1.807, 2.05) is 0 Å². The lowest BCUT2D eigenvalue weighted by atomic mass is 9.96. The van der Waals surface area contributed by atoms with Crippen LogP contribution < -0.4 is 16.0 Å². The van der Waals surface area contributed by atoms with Crippen molar-refractivity contribution in [1.29, 1.82) is 5.26 Å². The molecule has 1 fully saturated rings. The van der Waals surface area contributed by atoms with Crippen LogP contribution in [0.1, 0.15) is 43.8 Å². The van der Waals surface area contributed by atoms with E-state index in [1.165, 1.54) is 12.1 Å². The minimum atomic E-state index is -0.388. The molecule has 5 nitrogen and oxygen atoms in total. The fourth-order valence-electron chi connectivity index (χ4n) is 3.83. The van der Waals surface area contributed by atoms with Crippen molar-refractivity contribution in [2.45, 2.75) is 38.1 Å². The lowest BCUT2D eigenvalue weighted by molar-refractivity contribution is 0.306. The maximum absolute atomic E-state index is 14.0. The molecule has 3 aromatic rings. The highest BCUT2D eigenvalue weighted by molar-refractivity contribution is 5.99. The Bertz CT molecular complexity index is 1180. The number of fused-ring (bicyclic) bond motifs is 1. The Kier molecular flexibility index (Phi) is 5.82. The molecule has 6 heteroatoms. The Balaban J connectivity index is 1.86. The molecule has 0 spiro atoms. The van der Waals surface area contributed by atoms with E-state index >= 15 is 0 Å². The van der Waals surface area contributed by atoms with Gasteiger partial charge in [-0.05, 0) is 74.5 Å². The molecular weight excluding hydrogens is 381 g/mol. The monoisotopic (exact) mass is 405 g/mol. The van der Waals surface area contributed by atoms with Crippen LogP contribution in [0, 0.1) is 17.1 Å². The standard InChI is InChI=1S/C24H24FN3O2/c25-17-6-4-5-16(13-17)23-21-14-19(30-12-3-1-2-11-26)9-10-20(21)24(29)28(18-7-8-18)22(23)15-27/h4-6,9-10,13-14,18H,1-3,7-8,11-12,26H2. The second kappa shape index (κ2) is 8.68. The molecule has 1 saturated carbocycles. The minimum Gasteiger partial charge on any atom is -0.494 e. The van der Waals surface area contributed by atoms with Crippen LogP contribution >= 0.6 is 0 Å². The van der Waals surface area contributed by atoms with Gasteiger partial charge in [-0.25, -0.2) is 4.39 Å². The lowest BCUT2D eigenvalue weighted by Gasteiger charge is -2.16. The Morgan fingerprint density at radius 3 is 2.67 bits per heavy atom. The molecule has 2 N–H and O–H groups in total. The first-order chi connectivity index (χ1) is 14.6. The van der Waals surface area contributed by atoms with Gasteiger partial charge in [-0.3, -0.25) is 9.36 Å². The molecule has 0 bridgehead atoms. The van der Waals surface area contributed by atoms with Gasteiger partial charge in [0.05, 0.1) is 6.61 Å². The second-order valence-electron chi connectivity index (χ2n) is 7.66. The first-order valence-electron chi connectivity index (χ1n) is 10.3. The maximum Gasteiger partial charge on any atom is 0.259 e. The molecule has 0 atom stereocenters. The van der Waals surface area contributed by atoms with E-state index in [0.29, 0.717) is 40.8 Å². The first kappa shape index (κ1) is 20.1. The van der Waals surface area contributed by atoms with Crippen LogP contribution in [-0.2, 0) is 0 Å². The summed E-state index contributed by atoms with van der Waals surface area (Å²) in [6.45, 7) is 1.21. The van der Waals surface area contributed by atoms with Crippen molar-refractivity contribution >= 4 is 10.8 Å². The summed E-state index contributed by atoms with van der Waals surface area (Å²) in [5.41, 5.74) is 6.77. The van der Waals surface area contributed by atoms with E-state index in [-0.39, 0.29) is 23.1 Å². The smallest absolute Gasteiger partial charge is 0.259 e. The highest BCUT2D eigenvalue weighted by Crippen LogP contribution is 2.39. The van der Waals surface area contributed by atoms with E-state index < -0.39 is 0 Å². The number of halogens is 1. The third kappa shape index (κ3) is 3.94. The van der Waals surface area contributed by atoms with Crippen LogP contribution in [0.25, 0.3) is 21.9 Å². The van der Waals surface area contributed by atoms with Crippen molar-refractivity contribution in [3.63, 3.8) is 0 Å². The van der Waals surface area contributed by atoms with Crippen LogP contribution in [-0.4, -0.2) is 17.7 Å². The SMILES string of the molecule is N#Cc1c(-c2cccc(F)c2)c2cc(OCCCCCN)ccc2c(=O)n1C1CC1. The van der Waals surface area contributed by atoms with Gasteiger partial charge in [0.15, 0.2) is 0 Å². The average Bonchev–Trinajstić information content (AvgIpc) is 3.58. The van der Waals surface area contributed by atoms with Crippen molar-refractivity contribution in [3.8, 4) is 22.9 Å². The molecule has 1 aliphatic rings. The number of benzene rings is 2. The van der Waals surface area contributed by atoms with Gasteiger partial charge < -0.3 is 10.5 Å². The molecule has 1 aromatic heterocycles. The predicted octanol–water partition coefficient (Wildman–Crippen LogP) is 4.52.